The van der Waals surface area contributed by atoms with Crippen molar-refractivity contribution in [3.8, 4) is 5.75 Å². The van der Waals surface area contributed by atoms with E-state index < -0.39 is 0 Å². The summed E-state index contributed by atoms with van der Waals surface area (Å²) in [5.41, 5.74) is 3.43. The zero-order valence-electron chi connectivity index (χ0n) is 11.7. The van der Waals surface area contributed by atoms with Gasteiger partial charge in [0.15, 0.2) is 0 Å². The van der Waals surface area contributed by atoms with Gasteiger partial charge in [-0.25, -0.2) is 0 Å². The molecule has 1 aromatic carbocycles. The lowest BCUT2D eigenvalue weighted by Crippen LogP contribution is -2.22. The minimum absolute atomic E-state index is 0.170. The van der Waals surface area contributed by atoms with Gasteiger partial charge >= 0.3 is 0 Å². The largest absolute Gasteiger partial charge is 0.497 e. The predicted octanol–water partition coefficient (Wildman–Crippen LogP) is 3.10. The molecular weight excluding hydrogens is 236 g/mol. The molecule has 1 heterocycles. The van der Waals surface area contributed by atoms with Crippen LogP contribution in [0.5, 0.6) is 5.75 Å². The van der Waals surface area contributed by atoms with Crippen LogP contribution in [0, 0.1) is 6.92 Å². The van der Waals surface area contributed by atoms with Crippen molar-refractivity contribution in [2.75, 3.05) is 13.7 Å². The Labute approximate surface area is 114 Å². The Morgan fingerprint density at radius 2 is 1.79 bits per heavy atom. The Bertz CT molecular complexity index is 505. The van der Waals surface area contributed by atoms with E-state index in [4.69, 9.17) is 4.74 Å². The van der Waals surface area contributed by atoms with Gasteiger partial charge in [-0.15, -0.1) is 0 Å². The molecule has 19 heavy (non-hydrogen) atoms. The maximum absolute atomic E-state index is 5.20. The first-order valence-electron chi connectivity index (χ1n) is 6.54. The van der Waals surface area contributed by atoms with E-state index in [-0.39, 0.29) is 6.04 Å². The van der Waals surface area contributed by atoms with Crippen LogP contribution in [0.3, 0.4) is 0 Å². The number of pyridine rings is 1. The molecule has 1 unspecified atom stereocenters. The van der Waals surface area contributed by atoms with Crippen LogP contribution in [0.2, 0.25) is 0 Å². The van der Waals surface area contributed by atoms with Crippen molar-refractivity contribution < 1.29 is 4.74 Å². The molecule has 3 nitrogen and oxygen atoms in total. The van der Waals surface area contributed by atoms with E-state index in [1.165, 1.54) is 11.1 Å². The summed E-state index contributed by atoms with van der Waals surface area (Å²) >= 11 is 0. The molecular formula is C16H20N2O. The van der Waals surface area contributed by atoms with Gasteiger partial charge in [-0.3, -0.25) is 4.98 Å². The molecule has 0 fully saturated rings. The van der Waals surface area contributed by atoms with Gasteiger partial charge in [0.1, 0.15) is 5.75 Å². The minimum Gasteiger partial charge on any atom is -0.497 e. The Kier molecular flexibility index (Phi) is 4.53. The zero-order chi connectivity index (χ0) is 13.7. The molecule has 0 aliphatic rings. The summed E-state index contributed by atoms with van der Waals surface area (Å²) in [6, 6.07) is 12.5. The second kappa shape index (κ2) is 6.34. The fourth-order valence-electron chi connectivity index (χ4n) is 2.08. The predicted molar refractivity (Wildman–Crippen MR) is 77.5 cm³/mol. The molecule has 0 amide bonds. The number of aromatic nitrogens is 1. The number of benzene rings is 1. The lowest BCUT2D eigenvalue weighted by molar-refractivity contribution is 0.414. The Hall–Kier alpha value is -1.87. The van der Waals surface area contributed by atoms with E-state index in [0.717, 1.165) is 18.0 Å². The van der Waals surface area contributed by atoms with Crippen LogP contribution in [-0.4, -0.2) is 18.6 Å². The first kappa shape index (κ1) is 13.6. The lowest BCUT2D eigenvalue weighted by atomic mass is 10.00. The van der Waals surface area contributed by atoms with Gasteiger partial charge in [0.25, 0.3) is 0 Å². The van der Waals surface area contributed by atoms with E-state index in [1.54, 1.807) is 7.11 Å². The third kappa shape index (κ3) is 3.32. The summed E-state index contributed by atoms with van der Waals surface area (Å²) in [7, 11) is 1.68. The zero-order valence-corrected chi connectivity index (χ0v) is 11.7. The molecule has 1 aromatic heterocycles. The van der Waals surface area contributed by atoms with Crippen LogP contribution in [0.25, 0.3) is 0 Å². The van der Waals surface area contributed by atoms with Crippen molar-refractivity contribution in [2.24, 2.45) is 0 Å². The highest BCUT2D eigenvalue weighted by Gasteiger charge is 2.13. The fraction of sp³-hybridized carbons (Fsp3) is 0.312. The molecule has 2 rings (SSSR count). The third-order valence-electron chi connectivity index (χ3n) is 3.12. The summed E-state index contributed by atoms with van der Waals surface area (Å²) in [6.07, 6.45) is 1.94. The fourth-order valence-corrected chi connectivity index (χ4v) is 2.08. The molecule has 100 valence electrons. The first-order chi connectivity index (χ1) is 9.24. The maximum atomic E-state index is 5.20. The topological polar surface area (TPSA) is 34.1 Å². The summed E-state index contributed by atoms with van der Waals surface area (Å²) in [4.78, 5) is 4.38. The van der Waals surface area contributed by atoms with Gasteiger partial charge in [-0.2, -0.15) is 0 Å². The highest BCUT2D eigenvalue weighted by Crippen LogP contribution is 2.23. The molecule has 0 saturated heterocycles. The van der Waals surface area contributed by atoms with Crippen LogP contribution >= 0.6 is 0 Å². The van der Waals surface area contributed by atoms with E-state index >= 15 is 0 Å². The Morgan fingerprint density at radius 3 is 2.32 bits per heavy atom. The van der Waals surface area contributed by atoms with E-state index in [1.807, 2.05) is 31.3 Å². The maximum Gasteiger partial charge on any atom is 0.118 e. The van der Waals surface area contributed by atoms with E-state index in [2.05, 4.69) is 35.4 Å². The summed E-state index contributed by atoms with van der Waals surface area (Å²) in [5.74, 6) is 0.876. The smallest absolute Gasteiger partial charge is 0.118 e. The highest BCUT2D eigenvalue weighted by atomic mass is 16.5. The highest BCUT2D eigenvalue weighted by molar-refractivity contribution is 5.34. The van der Waals surface area contributed by atoms with Crippen molar-refractivity contribution in [1.82, 2.24) is 10.3 Å². The van der Waals surface area contributed by atoms with Crippen molar-refractivity contribution in [2.45, 2.75) is 19.9 Å². The number of ether oxygens (including phenoxy) is 1. The molecule has 0 spiro atoms. The van der Waals surface area contributed by atoms with Gasteiger partial charge in [0.2, 0.25) is 0 Å². The van der Waals surface area contributed by atoms with Crippen LogP contribution in [0.1, 0.15) is 29.8 Å². The van der Waals surface area contributed by atoms with E-state index in [9.17, 15) is 0 Å². The molecule has 0 aliphatic carbocycles. The Morgan fingerprint density at radius 1 is 1.11 bits per heavy atom. The minimum atomic E-state index is 0.170. The third-order valence-corrected chi connectivity index (χ3v) is 3.12. The first-order valence-corrected chi connectivity index (χ1v) is 6.54. The van der Waals surface area contributed by atoms with Crippen LogP contribution in [0.4, 0.5) is 0 Å². The monoisotopic (exact) mass is 256 g/mol. The van der Waals surface area contributed by atoms with Gasteiger partial charge in [0, 0.05) is 11.9 Å². The van der Waals surface area contributed by atoms with Crippen molar-refractivity contribution in [1.29, 1.82) is 0 Å². The van der Waals surface area contributed by atoms with Gasteiger partial charge in [-0.1, -0.05) is 25.1 Å². The van der Waals surface area contributed by atoms with Crippen molar-refractivity contribution in [3.63, 3.8) is 0 Å². The number of hydrogen-bond donors (Lipinski definition) is 1. The lowest BCUT2D eigenvalue weighted by Gasteiger charge is -2.19. The molecule has 2 aromatic rings. The van der Waals surface area contributed by atoms with Crippen molar-refractivity contribution >= 4 is 0 Å². The molecule has 0 saturated carbocycles. The van der Waals surface area contributed by atoms with Crippen LogP contribution in [-0.2, 0) is 0 Å². The molecule has 3 heteroatoms. The SMILES string of the molecule is CCNC(c1ccc(OC)cc1)c1ccc(C)nc1. The molecule has 1 N–H and O–H groups in total. The number of methoxy groups -OCH3 is 1. The van der Waals surface area contributed by atoms with Crippen LogP contribution < -0.4 is 10.1 Å². The van der Waals surface area contributed by atoms with E-state index in [0.29, 0.717) is 0 Å². The quantitative estimate of drug-likeness (QED) is 0.892. The normalized spacial score (nSPS) is 12.2. The van der Waals surface area contributed by atoms with Crippen molar-refractivity contribution in [3.05, 3.63) is 59.4 Å². The number of rotatable bonds is 5. The summed E-state index contributed by atoms with van der Waals surface area (Å²) < 4.78 is 5.20. The molecule has 1 atom stereocenters. The summed E-state index contributed by atoms with van der Waals surface area (Å²) in [5, 5.41) is 3.49. The van der Waals surface area contributed by atoms with Gasteiger partial charge in [-0.05, 0) is 42.8 Å². The molecule has 0 bridgehead atoms. The molecule has 0 aliphatic heterocycles. The number of nitrogens with zero attached hydrogens (tertiary/aromatic N) is 1. The summed E-state index contributed by atoms with van der Waals surface area (Å²) in [6.45, 7) is 5.02. The number of hydrogen-bond acceptors (Lipinski definition) is 3. The average Bonchev–Trinajstić information content (AvgIpc) is 2.46. The Balaban J connectivity index is 2.30. The number of nitrogens with one attached hydrogen (secondary N) is 1. The second-order valence-corrected chi connectivity index (χ2v) is 4.50. The number of aryl methyl sites for hydroxylation is 1. The molecule has 0 radical (unpaired) electrons. The van der Waals surface area contributed by atoms with Crippen LogP contribution in [0.15, 0.2) is 42.6 Å². The second-order valence-electron chi connectivity index (χ2n) is 4.50. The van der Waals surface area contributed by atoms with Gasteiger partial charge in [0.05, 0.1) is 13.2 Å². The average molecular weight is 256 g/mol. The van der Waals surface area contributed by atoms with Gasteiger partial charge < -0.3 is 10.1 Å². The standard InChI is InChI=1S/C16H20N2O/c1-4-17-16(14-6-5-12(2)18-11-14)13-7-9-15(19-3)10-8-13/h5-11,16-17H,4H2,1-3H3.